The van der Waals surface area contributed by atoms with Gasteiger partial charge in [-0.15, -0.1) is 6.42 Å². The van der Waals surface area contributed by atoms with E-state index in [9.17, 15) is 9.50 Å². The van der Waals surface area contributed by atoms with Crippen molar-refractivity contribution in [3.8, 4) is 18.1 Å². The van der Waals surface area contributed by atoms with E-state index >= 15 is 0 Å². The second-order valence-corrected chi connectivity index (χ2v) is 4.65. The van der Waals surface area contributed by atoms with Crippen LogP contribution in [-0.2, 0) is 6.42 Å². The van der Waals surface area contributed by atoms with Crippen molar-refractivity contribution in [2.75, 3.05) is 0 Å². The lowest BCUT2D eigenvalue weighted by atomic mass is 9.83. The third-order valence-electron chi connectivity index (χ3n) is 3.14. The number of rotatable bonds is 1. The zero-order chi connectivity index (χ0) is 12.6. The van der Waals surface area contributed by atoms with Gasteiger partial charge < -0.3 is 5.11 Å². The van der Waals surface area contributed by atoms with E-state index in [4.69, 9.17) is 6.42 Å². The van der Waals surface area contributed by atoms with Gasteiger partial charge in [-0.05, 0) is 41.2 Å². The lowest BCUT2D eigenvalue weighted by molar-refractivity contribution is 0.472. The van der Waals surface area contributed by atoms with Crippen LogP contribution in [0.2, 0.25) is 0 Å². The summed E-state index contributed by atoms with van der Waals surface area (Å²) in [7, 11) is 0. The van der Waals surface area contributed by atoms with E-state index in [1.165, 1.54) is 0 Å². The molecule has 2 rings (SSSR count). The molecule has 1 N–H and O–H groups in total. The normalized spacial score (nSPS) is 14.8. The van der Waals surface area contributed by atoms with E-state index in [1.807, 2.05) is 13.8 Å². The average Bonchev–Trinajstić information content (AvgIpc) is 2.28. The van der Waals surface area contributed by atoms with Gasteiger partial charge in [0.15, 0.2) is 0 Å². The fourth-order valence-electron chi connectivity index (χ4n) is 2.32. The molecule has 0 atom stereocenters. The third kappa shape index (κ3) is 1.93. The van der Waals surface area contributed by atoms with Crippen LogP contribution in [-0.4, -0.2) is 5.11 Å². The molecule has 2 heteroatoms. The summed E-state index contributed by atoms with van der Waals surface area (Å²) in [6.45, 7) is 4.02. The van der Waals surface area contributed by atoms with E-state index in [2.05, 4.69) is 5.92 Å². The molecule has 1 aliphatic carbocycles. The van der Waals surface area contributed by atoms with Crippen molar-refractivity contribution < 1.29 is 9.50 Å². The Morgan fingerprint density at radius 1 is 1.35 bits per heavy atom. The monoisotopic (exact) mass is 230 g/mol. The zero-order valence-corrected chi connectivity index (χ0v) is 10.0. The summed E-state index contributed by atoms with van der Waals surface area (Å²) < 4.78 is 13.7. The van der Waals surface area contributed by atoms with Crippen molar-refractivity contribution in [2.24, 2.45) is 0 Å². The van der Waals surface area contributed by atoms with Crippen LogP contribution >= 0.6 is 0 Å². The number of aryl methyl sites for hydroxylation is 1. The molecular formula is C15H15FO. The second kappa shape index (κ2) is 4.25. The highest BCUT2D eigenvalue weighted by molar-refractivity contribution is 5.85. The number of benzene rings is 1. The van der Waals surface area contributed by atoms with Gasteiger partial charge in [-0.3, -0.25) is 0 Å². The largest absolute Gasteiger partial charge is 0.508 e. The lowest BCUT2D eigenvalue weighted by Gasteiger charge is -2.22. The Hall–Kier alpha value is -1.75. The zero-order valence-electron chi connectivity index (χ0n) is 10.0. The quantitative estimate of drug-likeness (QED) is 0.728. The molecule has 1 aliphatic rings. The first-order chi connectivity index (χ1) is 8.04. The fraction of sp³-hybridized carbons (Fsp3) is 0.333. The summed E-state index contributed by atoms with van der Waals surface area (Å²) in [5, 5.41) is 9.68. The molecule has 17 heavy (non-hydrogen) atoms. The van der Waals surface area contributed by atoms with Crippen molar-refractivity contribution in [1.82, 2.24) is 0 Å². The highest BCUT2D eigenvalue weighted by Gasteiger charge is 2.23. The van der Waals surface area contributed by atoms with Crippen molar-refractivity contribution in [3.05, 3.63) is 34.6 Å². The topological polar surface area (TPSA) is 20.2 Å². The summed E-state index contributed by atoms with van der Waals surface area (Å²) >= 11 is 0. The summed E-state index contributed by atoms with van der Waals surface area (Å²) in [6, 6.07) is 3.37. The number of fused-ring (bicyclic) bond motifs is 1. The van der Waals surface area contributed by atoms with Crippen LogP contribution < -0.4 is 0 Å². The summed E-state index contributed by atoms with van der Waals surface area (Å²) in [6.07, 6.45) is 6.33. The Balaban J connectivity index is 2.75. The first-order valence-corrected chi connectivity index (χ1v) is 5.76. The van der Waals surface area contributed by atoms with Gasteiger partial charge in [-0.25, -0.2) is 4.39 Å². The molecule has 0 radical (unpaired) electrons. The number of hydrogen-bond acceptors (Lipinski definition) is 1. The molecule has 0 fully saturated rings. The van der Waals surface area contributed by atoms with E-state index in [0.717, 1.165) is 16.7 Å². The highest BCUT2D eigenvalue weighted by atomic mass is 19.1. The number of allylic oxidation sites excluding steroid dienone is 2. The predicted molar refractivity (Wildman–Crippen MR) is 67.4 cm³/mol. The van der Waals surface area contributed by atoms with Gasteiger partial charge in [-0.1, -0.05) is 19.8 Å². The molecule has 0 bridgehead atoms. The Morgan fingerprint density at radius 2 is 2.06 bits per heavy atom. The fourth-order valence-corrected chi connectivity index (χ4v) is 2.32. The minimum absolute atomic E-state index is 0.199. The van der Waals surface area contributed by atoms with Gasteiger partial charge in [0.1, 0.15) is 11.6 Å². The van der Waals surface area contributed by atoms with Crippen molar-refractivity contribution in [2.45, 2.75) is 32.6 Å². The molecule has 0 spiro atoms. The molecule has 0 saturated carbocycles. The summed E-state index contributed by atoms with van der Waals surface area (Å²) in [5.41, 5.74) is 3.03. The Morgan fingerprint density at radius 3 is 2.65 bits per heavy atom. The first kappa shape index (κ1) is 11.7. The maximum atomic E-state index is 13.7. The van der Waals surface area contributed by atoms with Crippen molar-refractivity contribution in [3.63, 3.8) is 0 Å². The molecule has 0 aromatic heterocycles. The first-order valence-electron chi connectivity index (χ1n) is 5.76. The SMILES string of the molecule is C#CC1=C(F)CCc2cc(O)cc(C(C)C)c21. The van der Waals surface area contributed by atoms with Gasteiger partial charge >= 0.3 is 0 Å². The maximum absolute atomic E-state index is 13.7. The van der Waals surface area contributed by atoms with E-state index < -0.39 is 0 Å². The van der Waals surface area contributed by atoms with E-state index in [-0.39, 0.29) is 17.5 Å². The van der Waals surface area contributed by atoms with E-state index in [0.29, 0.717) is 18.4 Å². The molecule has 0 unspecified atom stereocenters. The third-order valence-corrected chi connectivity index (χ3v) is 3.14. The molecule has 0 saturated heterocycles. The van der Waals surface area contributed by atoms with Crippen LogP contribution in [0.1, 0.15) is 42.9 Å². The van der Waals surface area contributed by atoms with Crippen LogP contribution in [0.5, 0.6) is 5.75 Å². The lowest BCUT2D eigenvalue weighted by Crippen LogP contribution is -2.07. The molecule has 0 heterocycles. The smallest absolute Gasteiger partial charge is 0.116 e. The average molecular weight is 230 g/mol. The predicted octanol–water partition coefficient (Wildman–Crippen LogP) is 3.78. The van der Waals surface area contributed by atoms with Crippen LogP contribution in [0.25, 0.3) is 5.57 Å². The number of hydrogen-bond donors (Lipinski definition) is 1. The highest BCUT2D eigenvalue weighted by Crippen LogP contribution is 2.38. The molecule has 1 aromatic rings. The van der Waals surface area contributed by atoms with Gasteiger partial charge in [-0.2, -0.15) is 0 Å². The number of aromatic hydroxyl groups is 1. The van der Waals surface area contributed by atoms with Crippen molar-refractivity contribution >= 4 is 5.57 Å². The molecule has 0 aliphatic heterocycles. The number of terminal acetylenes is 1. The molecular weight excluding hydrogens is 215 g/mol. The molecule has 1 aromatic carbocycles. The molecule has 0 amide bonds. The number of phenols is 1. The van der Waals surface area contributed by atoms with Crippen LogP contribution in [0.3, 0.4) is 0 Å². The minimum atomic E-state index is -0.215. The molecule has 88 valence electrons. The van der Waals surface area contributed by atoms with Gasteiger partial charge in [0, 0.05) is 6.42 Å². The Bertz CT molecular complexity index is 533. The standard InChI is InChI=1S/C15H15FO/c1-4-12-14(16)6-5-10-7-11(17)8-13(9(2)3)15(10)12/h1,7-9,17H,5-6H2,2-3H3. The Kier molecular flexibility index (Phi) is 2.93. The Labute approximate surface area is 101 Å². The summed E-state index contributed by atoms with van der Waals surface area (Å²) in [5.74, 6) is 2.66. The number of phenolic OH excluding ortho intramolecular Hbond substituents is 1. The van der Waals surface area contributed by atoms with Crippen LogP contribution in [0.4, 0.5) is 4.39 Å². The number of halogens is 1. The second-order valence-electron chi connectivity index (χ2n) is 4.65. The van der Waals surface area contributed by atoms with Crippen LogP contribution in [0.15, 0.2) is 18.0 Å². The molecule has 1 nitrogen and oxygen atoms in total. The summed E-state index contributed by atoms with van der Waals surface area (Å²) in [4.78, 5) is 0. The van der Waals surface area contributed by atoms with Gasteiger partial charge in [0.2, 0.25) is 0 Å². The van der Waals surface area contributed by atoms with Gasteiger partial charge in [0.05, 0.1) is 5.57 Å². The van der Waals surface area contributed by atoms with Crippen LogP contribution in [0, 0.1) is 12.3 Å². The van der Waals surface area contributed by atoms with Gasteiger partial charge in [0.25, 0.3) is 0 Å². The minimum Gasteiger partial charge on any atom is -0.508 e. The maximum Gasteiger partial charge on any atom is 0.116 e. The van der Waals surface area contributed by atoms with Crippen molar-refractivity contribution in [1.29, 1.82) is 0 Å². The van der Waals surface area contributed by atoms with E-state index in [1.54, 1.807) is 12.1 Å².